The van der Waals surface area contributed by atoms with Crippen LogP contribution in [0.15, 0.2) is 66.0 Å². The number of hydrogen-bond donors (Lipinski definition) is 2. The highest BCUT2D eigenvalue weighted by atomic mass is 127. The van der Waals surface area contributed by atoms with E-state index in [1.54, 1.807) is 0 Å². The van der Waals surface area contributed by atoms with Crippen molar-refractivity contribution in [2.45, 2.75) is 20.0 Å². The van der Waals surface area contributed by atoms with Crippen LogP contribution in [0.25, 0.3) is 10.9 Å². The predicted octanol–water partition coefficient (Wildman–Crippen LogP) is 3.41. The molecule has 5 nitrogen and oxygen atoms in total. The van der Waals surface area contributed by atoms with Crippen LogP contribution >= 0.6 is 24.0 Å². The van der Waals surface area contributed by atoms with Gasteiger partial charge in [0.1, 0.15) is 0 Å². The summed E-state index contributed by atoms with van der Waals surface area (Å²) in [6, 6.07) is 14.3. The second-order valence-electron chi connectivity index (χ2n) is 5.53. The van der Waals surface area contributed by atoms with E-state index in [0.717, 1.165) is 36.5 Å². The lowest BCUT2D eigenvalue weighted by molar-refractivity contribution is 0.666. The predicted molar refractivity (Wildman–Crippen MR) is 114 cm³/mol. The highest BCUT2D eigenvalue weighted by Crippen LogP contribution is 2.16. The first-order chi connectivity index (χ1) is 11.9. The van der Waals surface area contributed by atoms with Gasteiger partial charge in [-0.25, -0.2) is 4.99 Å². The second-order valence-corrected chi connectivity index (χ2v) is 5.53. The average Bonchev–Trinajstić information content (AvgIpc) is 3.13. The van der Waals surface area contributed by atoms with Crippen molar-refractivity contribution < 1.29 is 0 Å². The lowest BCUT2D eigenvalue weighted by atomic mass is 10.1. The Kier molecular flexibility index (Phi) is 7.72. The number of pyridine rings is 1. The molecular formula is C19H24IN5. The van der Waals surface area contributed by atoms with Crippen LogP contribution in [0.3, 0.4) is 0 Å². The molecule has 0 saturated carbocycles. The second kappa shape index (κ2) is 10.0. The summed E-state index contributed by atoms with van der Waals surface area (Å²) in [7, 11) is 0. The summed E-state index contributed by atoms with van der Waals surface area (Å²) in [5.41, 5.74) is 2.19. The molecule has 2 N–H and O–H groups in total. The van der Waals surface area contributed by atoms with Gasteiger partial charge < -0.3 is 15.2 Å². The van der Waals surface area contributed by atoms with Gasteiger partial charge >= 0.3 is 0 Å². The van der Waals surface area contributed by atoms with Gasteiger partial charge in [-0.1, -0.05) is 18.2 Å². The standard InChI is InChI=1S/C19H23N5.HI/c1-2-20-19(22-11-14-24-12-5-6-13-24)23-15-16-9-10-21-18-8-4-3-7-17(16)18;/h3-10,12-13H,2,11,14-15H2,1H3,(H2,20,22,23);1H. The molecule has 0 fully saturated rings. The Labute approximate surface area is 165 Å². The first-order valence-corrected chi connectivity index (χ1v) is 8.32. The molecule has 0 radical (unpaired) electrons. The number of nitrogens with zero attached hydrogens (tertiary/aromatic N) is 3. The molecule has 2 heterocycles. The fraction of sp³-hybridized carbons (Fsp3) is 0.263. The van der Waals surface area contributed by atoms with Gasteiger partial charge in [0, 0.05) is 43.6 Å². The van der Waals surface area contributed by atoms with E-state index < -0.39 is 0 Å². The zero-order valence-electron chi connectivity index (χ0n) is 14.4. The van der Waals surface area contributed by atoms with Crippen molar-refractivity contribution in [2.24, 2.45) is 4.99 Å². The van der Waals surface area contributed by atoms with E-state index >= 15 is 0 Å². The highest BCUT2D eigenvalue weighted by molar-refractivity contribution is 14.0. The Morgan fingerprint density at radius 2 is 1.88 bits per heavy atom. The maximum atomic E-state index is 4.71. The van der Waals surface area contributed by atoms with Gasteiger partial charge in [-0.05, 0) is 36.8 Å². The number of halogens is 1. The molecule has 3 rings (SSSR count). The summed E-state index contributed by atoms with van der Waals surface area (Å²) in [4.78, 5) is 9.11. The van der Waals surface area contributed by atoms with Gasteiger partial charge in [0.2, 0.25) is 0 Å². The van der Waals surface area contributed by atoms with Crippen LogP contribution in [-0.4, -0.2) is 28.6 Å². The maximum absolute atomic E-state index is 4.71. The Bertz CT molecular complexity index is 793. The summed E-state index contributed by atoms with van der Waals surface area (Å²) in [5.74, 6) is 0.838. The van der Waals surface area contributed by atoms with Crippen molar-refractivity contribution in [3.05, 3.63) is 66.6 Å². The van der Waals surface area contributed by atoms with Crippen LogP contribution in [0, 0.1) is 0 Å². The summed E-state index contributed by atoms with van der Waals surface area (Å²) < 4.78 is 2.15. The largest absolute Gasteiger partial charge is 0.357 e. The van der Waals surface area contributed by atoms with Gasteiger partial charge in [0.15, 0.2) is 5.96 Å². The molecule has 0 spiro atoms. The minimum Gasteiger partial charge on any atom is -0.357 e. The minimum atomic E-state index is 0. The fourth-order valence-corrected chi connectivity index (χ4v) is 2.62. The molecule has 3 aromatic rings. The average molecular weight is 449 g/mol. The van der Waals surface area contributed by atoms with Crippen LogP contribution in [0.5, 0.6) is 0 Å². The van der Waals surface area contributed by atoms with Crippen molar-refractivity contribution in [3.8, 4) is 0 Å². The van der Waals surface area contributed by atoms with Gasteiger partial charge in [0.25, 0.3) is 0 Å². The summed E-state index contributed by atoms with van der Waals surface area (Å²) in [5, 5.41) is 7.83. The Balaban J connectivity index is 0.00000225. The molecule has 6 heteroatoms. The number of benzene rings is 1. The van der Waals surface area contributed by atoms with Crippen LogP contribution in [0.2, 0.25) is 0 Å². The van der Waals surface area contributed by atoms with E-state index in [9.17, 15) is 0 Å². The molecule has 0 atom stereocenters. The number of aliphatic imine (C=N–C) groups is 1. The third-order valence-corrected chi connectivity index (χ3v) is 3.82. The van der Waals surface area contributed by atoms with Gasteiger partial charge in [0.05, 0.1) is 12.1 Å². The number of para-hydroxylation sites is 1. The van der Waals surface area contributed by atoms with Crippen LogP contribution < -0.4 is 10.6 Å². The van der Waals surface area contributed by atoms with Crippen molar-refractivity contribution in [2.75, 3.05) is 13.1 Å². The number of hydrogen-bond acceptors (Lipinski definition) is 2. The summed E-state index contributed by atoms with van der Waals surface area (Å²) in [6.07, 6.45) is 5.98. The minimum absolute atomic E-state index is 0. The van der Waals surface area contributed by atoms with Crippen molar-refractivity contribution in [1.29, 1.82) is 0 Å². The third kappa shape index (κ3) is 5.45. The zero-order chi connectivity index (χ0) is 16.6. The SMILES string of the molecule is CCNC(=NCc1ccnc2ccccc12)NCCn1cccc1.I. The molecule has 1 aromatic carbocycles. The third-order valence-electron chi connectivity index (χ3n) is 3.82. The highest BCUT2D eigenvalue weighted by Gasteiger charge is 2.02. The first-order valence-electron chi connectivity index (χ1n) is 8.32. The molecule has 0 unspecified atom stereocenters. The summed E-state index contributed by atoms with van der Waals surface area (Å²) >= 11 is 0. The first kappa shape index (κ1) is 19.2. The molecule has 132 valence electrons. The van der Waals surface area contributed by atoms with Crippen LogP contribution in [-0.2, 0) is 13.1 Å². The summed E-state index contributed by atoms with van der Waals surface area (Å²) in [6.45, 7) is 5.28. The topological polar surface area (TPSA) is 54.2 Å². The van der Waals surface area contributed by atoms with Crippen molar-refractivity contribution >= 4 is 40.8 Å². The molecule has 0 aliphatic rings. The normalized spacial score (nSPS) is 11.2. The number of fused-ring (bicyclic) bond motifs is 1. The number of aromatic nitrogens is 2. The molecule has 25 heavy (non-hydrogen) atoms. The van der Waals surface area contributed by atoms with E-state index in [1.165, 1.54) is 5.56 Å². The van der Waals surface area contributed by atoms with E-state index in [0.29, 0.717) is 6.54 Å². The van der Waals surface area contributed by atoms with E-state index in [1.807, 2.05) is 42.6 Å². The molecular weight excluding hydrogens is 425 g/mol. The monoisotopic (exact) mass is 449 g/mol. The molecule has 0 saturated heterocycles. The molecule has 2 aromatic heterocycles. The van der Waals surface area contributed by atoms with Crippen molar-refractivity contribution in [3.63, 3.8) is 0 Å². The molecule has 0 aliphatic heterocycles. The fourth-order valence-electron chi connectivity index (χ4n) is 2.62. The number of nitrogens with one attached hydrogen (secondary N) is 2. The maximum Gasteiger partial charge on any atom is 0.191 e. The lowest BCUT2D eigenvalue weighted by Crippen LogP contribution is -2.38. The Morgan fingerprint density at radius 3 is 2.68 bits per heavy atom. The van der Waals surface area contributed by atoms with Crippen LogP contribution in [0.4, 0.5) is 0 Å². The van der Waals surface area contributed by atoms with Gasteiger partial charge in [-0.3, -0.25) is 4.98 Å². The zero-order valence-corrected chi connectivity index (χ0v) is 16.7. The molecule has 0 amide bonds. The number of guanidine groups is 1. The van der Waals surface area contributed by atoms with E-state index in [2.05, 4.69) is 45.6 Å². The van der Waals surface area contributed by atoms with Crippen molar-refractivity contribution in [1.82, 2.24) is 20.2 Å². The van der Waals surface area contributed by atoms with Gasteiger partial charge in [-0.2, -0.15) is 0 Å². The molecule has 0 aliphatic carbocycles. The number of rotatable bonds is 6. The van der Waals surface area contributed by atoms with Crippen LogP contribution in [0.1, 0.15) is 12.5 Å². The van der Waals surface area contributed by atoms with Gasteiger partial charge in [-0.15, -0.1) is 24.0 Å². The smallest absolute Gasteiger partial charge is 0.191 e. The lowest BCUT2D eigenvalue weighted by Gasteiger charge is -2.12. The van der Waals surface area contributed by atoms with E-state index in [4.69, 9.17) is 4.99 Å². The Hall–Kier alpha value is -2.09. The quantitative estimate of drug-likeness (QED) is 0.345. The Morgan fingerprint density at radius 1 is 1.08 bits per heavy atom. The molecule has 0 bridgehead atoms. The van der Waals surface area contributed by atoms with E-state index in [-0.39, 0.29) is 24.0 Å².